The van der Waals surface area contributed by atoms with Gasteiger partial charge in [0.1, 0.15) is 28.6 Å². The molecule has 0 aliphatic rings. The second kappa shape index (κ2) is 7.73. The molecule has 3 heterocycles. The van der Waals surface area contributed by atoms with Crippen molar-refractivity contribution >= 4 is 39.1 Å². The standard InChI is InChI=1S/C19H16FN5O2S/c1-11-8-15(25-27-11)24-16(26)6-7-21-18-17-14(9-28-19(17)23-10-22-18)12-2-4-13(20)5-3-12/h2-5,8-10H,6-7H2,1H3,(H,21,22,23)(H,24,25,26). The van der Waals surface area contributed by atoms with E-state index in [0.29, 0.717) is 23.9 Å². The number of aryl methyl sites for hydroxylation is 1. The fourth-order valence-electron chi connectivity index (χ4n) is 2.78. The van der Waals surface area contributed by atoms with Gasteiger partial charge in [-0.15, -0.1) is 11.3 Å². The van der Waals surface area contributed by atoms with Gasteiger partial charge < -0.3 is 15.2 Å². The Kier molecular flexibility index (Phi) is 4.98. The van der Waals surface area contributed by atoms with Crippen molar-refractivity contribution in [2.45, 2.75) is 13.3 Å². The van der Waals surface area contributed by atoms with Gasteiger partial charge in [0, 0.05) is 30.0 Å². The van der Waals surface area contributed by atoms with E-state index in [2.05, 4.69) is 25.8 Å². The molecule has 0 fully saturated rings. The molecule has 0 unspecified atom stereocenters. The number of thiophene rings is 1. The zero-order chi connectivity index (χ0) is 19.5. The molecule has 0 saturated heterocycles. The van der Waals surface area contributed by atoms with Gasteiger partial charge >= 0.3 is 0 Å². The van der Waals surface area contributed by atoms with Crippen molar-refractivity contribution in [2.75, 3.05) is 17.2 Å². The van der Waals surface area contributed by atoms with Crippen LogP contribution < -0.4 is 10.6 Å². The third-order valence-electron chi connectivity index (χ3n) is 4.07. The van der Waals surface area contributed by atoms with Gasteiger partial charge in [0.2, 0.25) is 5.91 Å². The third kappa shape index (κ3) is 3.84. The maximum Gasteiger partial charge on any atom is 0.227 e. The zero-order valence-electron chi connectivity index (χ0n) is 14.9. The molecule has 0 aliphatic heterocycles. The Hall–Kier alpha value is -3.33. The van der Waals surface area contributed by atoms with Gasteiger partial charge in [-0.05, 0) is 24.6 Å². The van der Waals surface area contributed by atoms with Crippen LogP contribution in [0.15, 0.2) is 46.6 Å². The summed E-state index contributed by atoms with van der Waals surface area (Å²) in [5.74, 6) is 1.18. The van der Waals surface area contributed by atoms with E-state index in [-0.39, 0.29) is 18.1 Å². The van der Waals surface area contributed by atoms with Gasteiger partial charge in [0.25, 0.3) is 0 Å². The molecule has 4 aromatic rings. The number of hydrogen-bond donors (Lipinski definition) is 2. The first-order valence-electron chi connectivity index (χ1n) is 8.55. The number of carbonyl (C=O) groups excluding carboxylic acids is 1. The number of carbonyl (C=O) groups is 1. The first-order chi connectivity index (χ1) is 13.6. The second-order valence-electron chi connectivity index (χ2n) is 6.11. The summed E-state index contributed by atoms with van der Waals surface area (Å²) < 4.78 is 18.2. The van der Waals surface area contributed by atoms with Crippen LogP contribution in [-0.4, -0.2) is 27.6 Å². The molecule has 7 nitrogen and oxygen atoms in total. The van der Waals surface area contributed by atoms with E-state index >= 15 is 0 Å². The Balaban J connectivity index is 1.48. The monoisotopic (exact) mass is 397 g/mol. The maximum absolute atomic E-state index is 13.2. The minimum Gasteiger partial charge on any atom is -0.369 e. The number of hydrogen-bond acceptors (Lipinski definition) is 7. The van der Waals surface area contributed by atoms with Gasteiger partial charge in [-0.2, -0.15) is 0 Å². The van der Waals surface area contributed by atoms with E-state index in [1.165, 1.54) is 29.8 Å². The number of fused-ring (bicyclic) bond motifs is 1. The van der Waals surface area contributed by atoms with E-state index < -0.39 is 0 Å². The Morgan fingerprint density at radius 3 is 2.82 bits per heavy atom. The number of nitrogens with zero attached hydrogens (tertiary/aromatic N) is 3. The number of halogens is 1. The van der Waals surface area contributed by atoms with Gasteiger partial charge in [-0.3, -0.25) is 4.79 Å². The van der Waals surface area contributed by atoms with Crippen molar-refractivity contribution in [3.8, 4) is 11.1 Å². The first kappa shape index (κ1) is 18.1. The summed E-state index contributed by atoms with van der Waals surface area (Å²) in [5.41, 5.74) is 1.80. The molecule has 9 heteroatoms. The van der Waals surface area contributed by atoms with E-state index in [1.807, 2.05) is 5.38 Å². The lowest BCUT2D eigenvalue weighted by Gasteiger charge is -2.08. The smallest absolute Gasteiger partial charge is 0.227 e. The van der Waals surface area contributed by atoms with Gasteiger partial charge in [0.15, 0.2) is 5.82 Å². The van der Waals surface area contributed by atoms with Crippen molar-refractivity contribution in [2.24, 2.45) is 0 Å². The highest BCUT2D eigenvalue weighted by Gasteiger charge is 2.14. The molecule has 1 aromatic carbocycles. The quantitative estimate of drug-likeness (QED) is 0.506. The summed E-state index contributed by atoms with van der Waals surface area (Å²) in [7, 11) is 0. The average molecular weight is 397 g/mol. The molecule has 0 radical (unpaired) electrons. The molecule has 2 N–H and O–H groups in total. The topological polar surface area (TPSA) is 92.9 Å². The fraction of sp³-hybridized carbons (Fsp3) is 0.158. The molecule has 28 heavy (non-hydrogen) atoms. The largest absolute Gasteiger partial charge is 0.369 e. The van der Waals surface area contributed by atoms with Crippen molar-refractivity contribution in [3.63, 3.8) is 0 Å². The maximum atomic E-state index is 13.2. The summed E-state index contributed by atoms with van der Waals surface area (Å²) >= 11 is 1.49. The molecule has 0 atom stereocenters. The van der Waals surface area contributed by atoms with Crippen LogP contribution in [0.5, 0.6) is 0 Å². The summed E-state index contributed by atoms with van der Waals surface area (Å²) in [6.45, 7) is 2.14. The minimum absolute atomic E-state index is 0.185. The van der Waals surface area contributed by atoms with Crippen LogP contribution in [-0.2, 0) is 4.79 Å². The molecule has 0 aliphatic carbocycles. The SMILES string of the molecule is Cc1cc(NC(=O)CCNc2ncnc3scc(-c4ccc(F)cc4)c23)no1. The van der Waals surface area contributed by atoms with Crippen LogP contribution in [0.1, 0.15) is 12.2 Å². The summed E-state index contributed by atoms with van der Waals surface area (Å²) in [5, 5.41) is 12.4. The summed E-state index contributed by atoms with van der Waals surface area (Å²) in [6, 6.07) is 7.94. The first-order valence-corrected chi connectivity index (χ1v) is 9.43. The predicted octanol–water partition coefficient (Wildman–Crippen LogP) is 4.23. The molecule has 3 aromatic heterocycles. The number of anilines is 2. The molecule has 4 rings (SSSR count). The molecular weight excluding hydrogens is 381 g/mol. The number of rotatable bonds is 6. The Labute approximate surface area is 163 Å². The molecule has 0 bridgehead atoms. The Morgan fingerprint density at radius 1 is 1.25 bits per heavy atom. The second-order valence-corrected chi connectivity index (χ2v) is 6.96. The van der Waals surface area contributed by atoms with E-state index in [1.54, 1.807) is 25.1 Å². The lowest BCUT2D eigenvalue weighted by Crippen LogP contribution is -2.16. The van der Waals surface area contributed by atoms with Gasteiger partial charge in [-0.1, -0.05) is 17.3 Å². The number of amides is 1. The number of benzene rings is 1. The normalized spacial score (nSPS) is 10.9. The summed E-state index contributed by atoms with van der Waals surface area (Å²) in [4.78, 5) is 21.5. The number of nitrogens with one attached hydrogen (secondary N) is 2. The lowest BCUT2D eigenvalue weighted by molar-refractivity contribution is -0.116. The van der Waals surface area contributed by atoms with Crippen LogP contribution in [0.4, 0.5) is 16.0 Å². The van der Waals surface area contributed by atoms with Crippen LogP contribution in [0.2, 0.25) is 0 Å². The van der Waals surface area contributed by atoms with E-state index in [9.17, 15) is 9.18 Å². The molecule has 0 spiro atoms. The van der Waals surface area contributed by atoms with Gasteiger partial charge in [0.05, 0.1) is 5.39 Å². The minimum atomic E-state index is -0.286. The van der Waals surface area contributed by atoms with Crippen LogP contribution in [0.3, 0.4) is 0 Å². The third-order valence-corrected chi connectivity index (χ3v) is 4.95. The molecular formula is C19H16FN5O2S. The van der Waals surface area contributed by atoms with Crippen molar-refractivity contribution < 1.29 is 13.7 Å². The van der Waals surface area contributed by atoms with Crippen LogP contribution in [0, 0.1) is 12.7 Å². The summed E-state index contributed by atoms with van der Waals surface area (Å²) in [6.07, 6.45) is 1.71. The average Bonchev–Trinajstić information content (AvgIpc) is 3.29. The van der Waals surface area contributed by atoms with Crippen molar-refractivity contribution in [1.82, 2.24) is 15.1 Å². The highest BCUT2D eigenvalue weighted by Crippen LogP contribution is 2.36. The molecule has 1 amide bonds. The van der Waals surface area contributed by atoms with Crippen LogP contribution >= 0.6 is 11.3 Å². The molecule has 0 saturated carbocycles. The van der Waals surface area contributed by atoms with E-state index in [4.69, 9.17) is 4.52 Å². The highest BCUT2D eigenvalue weighted by molar-refractivity contribution is 7.17. The predicted molar refractivity (Wildman–Crippen MR) is 106 cm³/mol. The Bertz CT molecular complexity index is 1120. The Morgan fingerprint density at radius 2 is 2.07 bits per heavy atom. The molecule has 142 valence electrons. The number of aromatic nitrogens is 3. The highest BCUT2D eigenvalue weighted by atomic mass is 32.1. The fourth-order valence-corrected chi connectivity index (χ4v) is 3.69. The van der Waals surface area contributed by atoms with Crippen molar-refractivity contribution in [3.05, 3.63) is 53.6 Å². The van der Waals surface area contributed by atoms with E-state index in [0.717, 1.165) is 21.3 Å². The zero-order valence-corrected chi connectivity index (χ0v) is 15.7. The van der Waals surface area contributed by atoms with Crippen molar-refractivity contribution in [1.29, 1.82) is 0 Å². The van der Waals surface area contributed by atoms with Crippen LogP contribution in [0.25, 0.3) is 21.3 Å². The van der Waals surface area contributed by atoms with Gasteiger partial charge in [-0.25, -0.2) is 14.4 Å². The lowest BCUT2D eigenvalue weighted by atomic mass is 10.1.